The molecule has 0 bridgehead atoms. The maximum atomic E-state index is 12.0. The molecule has 0 spiro atoms. The molecule has 2 aromatic carbocycles. The van der Waals surface area contributed by atoms with Crippen molar-refractivity contribution in [2.45, 2.75) is 17.7 Å². The first-order valence-corrected chi connectivity index (χ1v) is 8.61. The summed E-state index contributed by atoms with van der Waals surface area (Å²) in [7, 11) is 0. The number of ether oxygens (including phenoxy) is 1. The molecule has 2 rings (SSSR count). The summed E-state index contributed by atoms with van der Waals surface area (Å²) in [6, 6.07) is 16.8. The van der Waals surface area contributed by atoms with Crippen molar-refractivity contribution >= 4 is 29.3 Å². The monoisotopic (exact) mass is 344 g/mol. The number of amides is 2. The smallest absolute Gasteiger partial charge is 0.227 e. The molecule has 5 nitrogen and oxygen atoms in total. The van der Waals surface area contributed by atoms with Crippen molar-refractivity contribution < 1.29 is 14.3 Å². The Labute approximate surface area is 145 Å². The van der Waals surface area contributed by atoms with E-state index in [4.69, 9.17) is 10.5 Å². The van der Waals surface area contributed by atoms with Crippen LogP contribution < -0.4 is 15.8 Å². The molecular weight excluding hydrogens is 324 g/mol. The average molecular weight is 344 g/mol. The molecule has 0 aliphatic carbocycles. The van der Waals surface area contributed by atoms with E-state index in [0.717, 1.165) is 10.6 Å². The lowest BCUT2D eigenvalue weighted by molar-refractivity contribution is -0.116. The molecule has 0 atom stereocenters. The highest BCUT2D eigenvalue weighted by Gasteiger charge is 2.08. The Morgan fingerprint density at radius 1 is 1.04 bits per heavy atom. The number of para-hydroxylation sites is 2. The number of hydrogen-bond donors (Lipinski definition) is 2. The molecule has 0 fully saturated rings. The summed E-state index contributed by atoms with van der Waals surface area (Å²) in [4.78, 5) is 23.8. The lowest BCUT2D eigenvalue weighted by Gasteiger charge is -2.10. The van der Waals surface area contributed by atoms with E-state index < -0.39 is 0 Å². The summed E-state index contributed by atoms with van der Waals surface area (Å²) in [5, 5.41) is 2.87. The fraction of sp³-hybridized carbons (Fsp3) is 0.222. The molecule has 0 aliphatic heterocycles. The molecule has 0 heterocycles. The van der Waals surface area contributed by atoms with Crippen molar-refractivity contribution in [3.05, 3.63) is 54.6 Å². The van der Waals surface area contributed by atoms with Crippen LogP contribution in [0.25, 0.3) is 0 Å². The highest BCUT2D eigenvalue weighted by atomic mass is 32.2. The number of rotatable bonds is 9. The molecule has 0 saturated heterocycles. The Bertz CT molecular complexity index is 677. The SMILES string of the molecule is NC(=O)CSc1ccccc1NC(=O)CCCOc1ccccc1. The molecule has 0 aliphatic rings. The van der Waals surface area contributed by atoms with Crippen LogP contribution in [0.15, 0.2) is 59.5 Å². The fourth-order valence-corrected chi connectivity index (χ4v) is 2.74. The quantitative estimate of drug-likeness (QED) is 0.541. The Morgan fingerprint density at radius 2 is 1.75 bits per heavy atom. The number of benzene rings is 2. The highest BCUT2D eigenvalue weighted by molar-refractivity contribution is 8.00. The maximum absolute atomic E-state index is 12.0. The zero-order valence-electron chi connectivity index (χ0n) is 13.2. The van der Waals surface area contributed by atoms with Gasteiger partial charge in [-0.2, -0.15) is 0 Å². The highest BCUT2D eigenvalue weighted by Crippen LogP contribution is 2.26. The van der Waals surface area contributed by atoms with Crippen LogP contribution in [0.3, 0.4) is 0 Å². The number of primary amides is 1. The summed E-state index contributed by atoms with van der Waals surface area (Å²) in [6.45, 7) is 0.482. The molecule has 0 aromatic heterocycles. The third-order valence-corrected chi connectivity index (χ3v) is 4.19. The Kier molecular flexibility index (Phi) is 7.17. The first-order valence-electron chi connectivity index (χ1n) is 7.63. The number of nitrogens with two attached hydrogens (primary N) is 1. The molecule has 6 heteroatoms. The minimum Gasteiger partial charge on any atom is -0.494 e. The van der Waals surface area contributed by atoms with E-state index in [1.165, 1.54) is 11.8 Å². The van der Waals surface area contributed by atoms with E-state index in [2.05, 4.69) is 5.32 Å². The lowest BCUT2D eigenvalue weighted by atomic mass is 10.2. The zero-order valence-corrected chi connectivity index (χ0v) is 14.1. The van der Waals surface area contributed by atoms with E-state index in [9.17, 15) is 9.59 Å². The van der Waals surface area contributed by atoms with Gasteiger partial charge in [0.15, 0.2) is 0 Å². The third kappa shape index (κ3) is 6.34. The van der Waals surface area contributed by atoms with Crippen LogP contribution in [0.2, 0.25) is 0 Å². The van der Waals surface area contributed by atoms with Crippen molar-refractivity contribution in [2.24, 2.45) is 5.73 Å². The molecular formula is C18H20N2O3S. The van der Waals surface area contributed by atoms with E-state index >= 15 is 0 Å². The van der Waals surface area contributed by atoms with Gasteiger partial charge >= 0.3 is 0 Å². The van der Waals surface area contributed by atoms with Gasteiger partial charge in [-0.15, -0.1) is 11.8 Å². The van der Waals surface area contributed by atoms with Gasteiger partial charge in [-0.05, 0) is 30.7 Å². The van der Waals surface area contributed by atoms with E-state index in [0.29, 0.717) is 25.1 Å². The van der Waals surface area contributed by atoms with Crippen molar-refractivity contribution in [1.82, 2.24) is 0 Å². The van der Waals surface area contributed by atoms with Gasteiger partial charge in [0, 0.05) is 11.3 Å². The Balaban J connectivity index is 1.76. The number of carbonyl (C=O) groups excluding carboxylic acids is 2. The van der Waals surface area contributed by atoms with Gasteiger partial charge in [-0.3, -0.25) is 9.59 Å². The zero-order chi connectivity index (χ0) is 17.2. The molecule has 3 N–H and O–H groups in total. The van der Waals surface area contributed by atoms with Crippen LogP contribution in [-0.4, -0.2) is 24.2 Å². The summed E-state index contributed by atoms with van der Waals surface area (Å²) in [5.74, 6) is 0.502. The Hall–Kier alpha value is -2.47. The number of nitrogens with one attached hydrogen (secondary N) is 1. The largest absolute Gasteiger partial charge is 0.494 e. The third-order valence-electron chi connectivity index (χ3n) is 3.09. The topological polar surface area (TPSA) is 81.4 Å². The molecule has 0 radical (unpaired) electrons. The Morgan fingerprint density at radius 3 is 2.50 bits per heavy atom. The van der Waals surface area contributed by atoms with Gasteiger partial charge in [0.1, 0.15) is 5.75 Å². The summed E-state index contributed by atoms with van der Waals surface area (Å²) in [6.07, 6.45) is 0.985. The van der Waals surface area contributed by atoms with Crippen molar-refractivity contribution in [3.63, 3.8) is 0 Å². The molecule has 2 amide bonds. The van der Waals surface area contributed by atoms with E-state index in [-0.39, 0.29) is 17.6 Å². The second-order valence-corrected chi connectivity index (χ2v) is 6.08. The predicted octanol–water partition coefficient (Wildman–Crippen LogP) is 3.06. The molecule has 0 unspecified atom stereocenters. The second kappa shape index (κ2) is 9.62. The number of carbonyl (C=O) groups is 2. The van der Waals surface area contributed by atoms with Crippen LogP contribution in [0.1, 0.15) is 12.8 Å². The fourth-order valence-electron chi connectivity index (χ4n) is 2.00. The lowest BCUT2D eigenvalue weighted by Crippen LogP contribution is -2.15. The summed E-state index contributed by atoms with van der Waals surface area (Å²) >= 11 is 1.31. The van der Waals surface area contributed by atoms with Crippen molar-refractivity contribution in [2.75, 3.05) is 17.7 Å². The van der Waals surface area contributed by atoms with E-state index in [1.54, 1.807) is 0 Å². The molecule has 24 heavy (non-hydrogen) atoms. The van der Waals surface area contributed by atoms with Crippen LogP contribution >= 0.6 is 11.8 Å². The first kappa shape index (κ1) is 17.9. The minimum atomic E-state index is -0.390. The van der Waals surface area contributed by atoms with Crippen LogP contribution in [0.5, 0.6) is 5.75 Å². The molecule has 126 valence electrons. The molecule has 2 aromatic rings. The summed E-state index contributed by atoms with van der Waals surface area (Å²) in [5.41, 5.74) is 5.85. The van der Waals surface area contributed by atoms with Gasteiger partial charge in [0.2, 0.25) is 11.8 Å². The predicted molar refractivity (Wildman–Crippen MR) is 96.2 cm³/mol. The normalized spacial score (nSPS) is 10.2. The summed E-state index contributed by atoms with van der Waals surface area (Å²) < 4.78 is 5.56. The van der Waals surface area contributed by atoms with Gasteiger partial charge in [0.05, 0.1) is 18.0 Å². The van der Waals surface area contributed by atoms with Crippen LogP contribution in [0.4, 0.5) is 5.69 Å². The first-order chi connectivity index (χ1) is 11.6. The van der Waals surface area contributed by atoms with Crippen molar-refractivity contribution in [3.8, 4) is 5.75 Å². The van der Waals surface area contributed by atoms with Gasteiger partial charge < -0.3 is 15.8 Å². The van der Waals surface area contributed by atoms with Crippen molar-refractivity contribution in [1.29, 1.82) is 0 Å². The minimum absolute atomic E-state index is 0.0845. The maximum Gasteiger partial charge on any atom is 0.227 e. The molecule has 0 saturated carbocycles. The standard InChI is InChI=1S/C18H20N2O3S/c19-17(21)13-24-16-10-5-4-9-15(16)20-18(22)11-6-12-23-14-7-2-1-3-8-14/h1-5,7-10H,6,11-13H2,(H2,19,21)(H,20,22). The van der Waals surface area contributed by atoms with Crippen LogP contribution in [0, 0.1) is 0 Å². The second-order valence-electron chi connectivity index (χ2n) is 5.06. The number of anilines is 1. The van der Waals surface area contributed by atoms with Gasteiger partial charge in [-0.1, -0.05) is 30.3 Å². The van der Waals surface area contributed by atoms with E-state index in [1.807, 2.05) is 54.6 Å². The number of thioether (sulfide) groups is 1. The van der Waals surface area contributed by atoms with Gasteiger partial charge in [-0.25, -0.2) is 0 Å². The van der Waals surface area contributed by atoms with Crippen LogP contribution in [-0.2, 0) is 9.59 Å². The van der Waals surface area contributed by atoms with Gasteiger partial charge in [0.25, 0.3) is 0 Å². The number of hydrogen-bond acceptors (Lipinski definition) is 4. The average Bonchev–Trinajstić information content (AvgIpc) is 2.59.